The van der Waals surface area contributed by atoms with Crippen LogP contribution in [0.2, 0.25) is 5.02 Å². The predicted octanol–water partition coefficient (Wildman–Crippen LogP) is 3.36. The van der Waals surface area contributed by atoms with Gasteiger partial charge < -0.3 is 9.64 Å². The number of hydrogen-bond acceptors (Lipinski definition) is 5. The van der Waals surface area contributed by atoms with E-state index in [1.165, 1.54) is 6.20 Å². The van der Waals surface area contributed by atoms with Crippen molar-refractivity contribution in [3.63, 3.8) is 0 Å². The van der Waals surface area contributed by atoms with E-state index in [1.54, 1.807) is 6.20 Å². The first-order valence-corrected chi connectivity index (χ1v) is 7.75. The Bertz CT molecular complexity index is 739. The van der Waals surface area contributed by atoms with Crippen molar-refractivity contribution in [2.45, 2.75) is 25.5 Å². The number of anilines is 1. The number of benzene rings is 1. The van der Waals surface area contributed by atoms with Gasteiger partial charge in [0, 0.05) is 10.6 Å². The van der Waals surface area contributed by atoms with E-state index >= 15 is 0 Å². The van der Waals surface area contributed by atoms with E-state index in [4.69, 9.17) is 21.6 Å². The minimum atomic E-state index is -0.222. The second-order valence-electron chi connectivity index (χ2n) is 6.12. The zero-order valence-corrected chi connectivity index (χ0v) is 13.8. The fourth-order valence-corrected chi connectivity index (χ4v) is 2.95. The smallest absolute Gasteiger partial charge is 0.158 e. The molecule has 1 aliphatic heterocycles. The molecular weight excluding hydrogens is 312 g/mol. The Labute approximate surface area is 140 Å². The van der Waals surface area contributed by atoms with Crippen LogP contribution in [0, 0.1) is 11.3 Å². The lowest BCUT2D eigenvalue weighted by Crippen LogP contribution is -2.54. The molecule has 2 heterocycles. The molecule has 1 saturated heterocycles. The van der Waals surface area contributed by atoms with Crippen molar-refractivity contribution < 1.29 is 4.74 Å². The van der Waals surface area contributed by atoms with Gasteiger partial charge in [-0.3, -0.25) is 0 Å². The van der Waals surface area contributed by atoms with Crippen LogP contribution in [0.5, 0.6) is 0 Å². The largest absolute Gasteiger partial charge is 0.369 e. The van der Waals surface area contributed by atoms with Crippen molar-refractivity contribution in [3.05, 3.63) is 52.9 Å². The zero-order valence-electron chi connectivity index (χ0n) is 13.0. The molecule has 0 saturated carbocycles. The number of morpholine rings is 1. The summed E-state index contributed by atoms with van der Waals surface area (Å²) in [5.41, 5.74) is 1.05. The van der Waals surface area contributed by atoms with E-state index in [1.807, 2.05) is 30.3 Å². The molecule has 0 amide bonds. The van der Waals surface area contributed by atoms with Crippen molar-refractivity contribution in [1.82, 2.24) is 9.97 Å². The highest BCUT2D eigenvalue weighted by atomic mass is 35.5. The average Bonchev–Trinajstić information content (AvgIpc) is 2.56. The molecule has 0 radical (unpaired) electrons. The molecule has 1 unspecified atom stereocenters. The Hall–Kier alpha value is -2.16. The van der Waals surface area contributed by atoms with Gasteiger partial charge in [-0.1, -0.05) is 29.8 Å². The van der Waals surface area contributed by atoms with E-state index < -0.39 is 0 Å². The van der Waals surface area contributed by atoms with Crippen LogP contribution in [0.4, 0.5) is 5.82 Å². The summed E-state index contributed by atoms with van der Waals surface area (Å²) in [6.07, 6.45) is 3.00. The van der Waals surface area contributed by atoms with Gasteiger partial charge in [0.1, 0.15) is 18.0 Å². The molecule has 1 aromatic carbocycles. The minimum absolute atomic E-state index is 0.130. The van der Waals surface area contributed by atoms with Gasteiger partial charge in [0.15, 0.2) is 5.69 Å². The summed E-state index contributed by atoms with van der Waals surface area (Å²) in [5.74, 6) is 0.731. The van der Waals surface area contributed by atoms with Gasteiger partial charge >= 0.3 is 0 Å². The lowest BCUT2D eigenvalue weighted by molar-refractivity contribution is -0.00517. The maximum atomic E-state index is 8.86. The second kappa shape index (κ2) is 6.15. The topological polar surface area (TPSA) is 62.0 Å². The highest BCUT2D eigenvalue weighted by Crippen LogP contribution is 2.35. The quantitative estimate of drug-likeness (QED) is 0.846. The van der Waals surface area contributed by atoms with Crippen molar-refractivity contribution in [2.75, 3.05) is 18.1 Å². The van der Waals surface area contributed by atoms with Gasteiger partial charge in [0.25, 0.3) is 0 Å². The van der Waals surface area contributed by atoms with Gasteiger partial charge in [-0.2, -0.15) is 5.26 Å². The maximum absolute atomic E-state index is 8.86. The molecule has 3 rings (SSSR count). The van der Waals surface area contributed by atoms with E-state index in [-0.39, 0.29) is 11.6 Å². The molecule has 0 aliphatic carbocycles. The first-order chi connectivity index (χ1) is 11.0. The highest BCUT2D eigenvalue weighted by Gasteiger charge is 2.37. The first-order valence-electron chi connectivity index (χ1n) is 7.37. The Morgan fingerprint density at radius 2 is 2.09 bits per heavy atom. The third kappa shape index (κ3) is 3.14. The Morgan fingerprint density at radius 1 is 1.30 bits per heavy atom. The zero-order chi connectivity index (χ0) is 16.4. The van der Waals surface area contributed by atoms with Gasteiger partial charge in [-0.25, -0.2) is 9.97 Å². The Morgan fingerprint density at radius 3 is 2.74 bits per heavy atom. The summed E-state index contributed by atoms with van der Waals surface area (Å²) in [4.78, 5) is 10.6. The molecular formula is C17H17ClN4O. The van der Waals surface area contributed by atoms with Crippen LogP contribution < -0.4 is 4.90 Å². The summed E-state index contributed by atoms with van der Waals surface area (Å²) in [6.45, 7) is 5.35. The minimum Gasteiger partial charge on any atom is -0.369 e. The van der Waals surface area contributed by atoms with E-state index in [0.717, 1.165) is 11.4 Å². The van der Waals surface area contributed by atoms with E-state index in [2.05, 4.69) is 28.7 Å². The Balaban J connectivity index is 1.90. The number of nitriles is 1. The monoisotopic (exact) mass is 328 g/mol. The van der Waals surface area contributed by atoms with Crippen LogP contribution in [0.1, 0.15) is 31.2 Å². The van der Waals surface area contributed by atoms with Crippen LogP contribution >= 0.6 is 11.6 Å². The van der Waals surface area contributed by atoms with Crippen molar-refractivity contribution in [1.29, 1.82) is 5.26 Å². The number of hydrogen-bond donors (Lipinski definition) is 0. The van der Waals surface area contributed by atoms with Gasteiger partial charge in [0.2, 0.25) is 0 Å². The molecule has 1 atom stereocenters. The number of aromatic nitrogens is 2. The predicted molar refractivity (Wildman–Crippen MR) is 88.3 cm³/mol. The molecule has 1 fully saturated rings. The van der Waals surface area contributed by atoms with Gasteiger partial charge in [0.05, 0.1) is 31.1 Å². The molecule has 0 N–H and O–H groups in total. The van der Waals surface area contributed by atoms with Crippen LogP contribution in [-0.4, -0.2) is 28.7 Å². The lowest BCUT2D eigenvalue weighted by atomic mass is 9.98. The van der Waals surface area contributed by atoms with E-state index in [0.29, 0.717) is 23.9 Å². The van der Waals surface area contributed by atoms with E-state index in [9.17, 15) is 0 Å². The van der Waals surface area contributed by atoms with Crippen LogP contribution in [0.3, 0.4) is 0 Å². The average molecular weight is 329 g/mol. The Kier molecular flexibility index (Phi) is 4.20. The molecule has 0 spiro atoms. The SMILES string of the molecule is CC1(C)COC(c2ccccc2Cl)CN1c1cnc(C#N)cn1. The molecule has 5 nitrogen and oxygen atoms in total. The highest BCUT2D eigenvalue weighted by molar-refractivity contribution is 6.31. The number of rotatable bonds is 2. The van der Waals surface area contributed by atoms with Gasteiger partial charge in [-0.15, -0.1) is 0 Å². The second-order valence-corrected chi connectivity index (χ2v) is 6.52. The molecule has 0 bridgehead atoms. The molecule has 1 aliphatic rings. The summed E-state index contributed by atoms with van der Waals surface area (Å²) in [7, 11) is 0. The fraction of sp³-hybridized carbons (Fsp3) is 0.353. The molecule has 1 aromatic heterocycles. The lowest BCUT2D eigenvalue weighted by Gasteiger charge is -2.46. The summed E-state index contributed by atoms with van der Waals surface area (Å²) in [5, 5.41) is 9.56. The third-order valence-electron chi connectivity index (χ3n) is 4.00. The standard InChI is InChI=1S/C17H17ClN4O/c1-17(2)11-23-15(13-5-3-4-6-14(13)18)10-22(17)16-9-20-12(7-19)8-21-16/h3-6,8-9,15H,10-11H2,1-2H3. The number of nitrogens with zero attached hydrogens (tertiary/aromatic N) is 4. The first kappa shape index (κ1) is 15.7. The molecule has 2 aromatic rings. The summed E-state index contributed by atoms with van der Waals surface area (Å²) in [6, 6.07) is 9.69. The summed E-state index contributed by atoms with van der Waals surface area (Å²) < 4.78 is 6.03. The summed E-state index contributed by atoms with van der Waals surface area (Å²) >= 11 is 6.30. The molecule has 23 heavy (non-hydrogen) atoms. The molecule has 118 valence electrons. The van der Waals surface area contributed by atoms with Crippen molar-refractivity contribution in [3.8, 4) is 6.07 Å². The van der Waals surface area contributed by atoms with Gasteiger partial charge in [-0.05, 0) is 19.9 Å². The normalized spacial score (nSPS) is 20.1. The number of halogens is 1. The number of ether oxygens (including phenoxy) is 1. The molecule has 6 heteroatoms. The van der Waals surface area contributed by atoms with Crippen LogP contribution in [-0.2, 0) is 4.74 Å². The maximum Gasteiger partial charge on any atom is 0.158 e. The van der Waals surface area contributed by atoms with Crippen LogP contribution in [0.15, 0.2) is 36.7 Å². The van der Waals surface area contributed by atoms with Crippen molar-refractivity contribution in [2.24, 2.45) is 0 Å². The van der Waals surface area contributed by atoms with Crippen LogP contribution in [0.25, 0.3) is 0 Å². The van der Waals surface area contributed by atoms with Crippen molar-refractivity contribution >= 4 is 17.4 Å². The third-order valence-corrected chi connectivity index (χ3v) is 4.34. The fourth-order valence-electron chi connectivity index (χ4n) is 2.69.